The molecule has 0 spiro atoms. The number of H-pyrrole nitrogens is 1. The number of nitrogen functional groups attached to an aromatic ring is 1. The number of hydrogen-bond donors (Lipinski definition) is 5. The van der Waals surface area contributed by atoms with E-state index in [1.165, 1.54) is 13.3 Å². The van der Waals surface area contributed by atoms with Crippen LogP contribution in [-0.4, -0.2) is 53.2 Å². The standard InChI is InChI=1S/C13H17N5O4/c1-12(22)7(5-2-13(5,3-19)10(12)21)18-4-15-6-8(18)16-11(14)17-9(6)20/h4-5,7,10,19,21-22H,2-3H2,1H3,(H3,14,16,17,20)/t5-,7-,10+,12+,13+/m1/s1. The number of hydrogen-bond acceptors (Lipinski definition) is 7. The van der Waals surface area contributed by atoms with E-state index in [0.29, 0.717) is 6.42 Å². The fraction of sp³-hybridized carbons (Fsp3) is 0.615. The number of nitrogens with zero attached hydrogens (tertiary/aromatic N) is 3. The average molecular weight is 307 g/mol. The lowest BCUT2D eigenvalue weighted by Crippen LogP contribution is -2.46. The van der Waals surface area contributed by atoms with Crippen molar-refractivity contribution in [2.75, 3.05) is 12.3 Å². The summed E-state index contributed by atoms with van der Waals surface area (Å²) in [6, 6.07) is -0.534. The van der Waals surface area contributed by atoms with Crippen molar-refractivity contribution in [3.8, 4) is 0 Å². The Labute approximate surface area is 124 Å². The average Bonchev–Trinajstić information content (AvgIpc) is 2.98. The minimum Gasteiger partial charge on any atom is -0.396 e. The zero-order valence-electron chi connectivity index (χ0n) is 11.9. The second-order valence-corrected chi connectivity index (χ2v) is 6.55. The van der Waals surface area contributed by atoms with Gasteiger partial charge in [0.1, 0.15) is 5.60 Å². The number of fused-ring (bicyclic) bond motifs is 2. The Balaban J connectivity index is 1.91. The maximum Gasteiger partial charge on any atom is 0.280 e. The molecule has 5 atom stereocenters. The zero-order valence-corrected chi connectivity index (χ0v) is 11.9. The lowest BCUT2D eigenvalue weighted by Gasteiger charge is -2.34. The van der Waals surface area contributed by atoms with E-state index < -0.39 is 28.7 Å². The minimum atomic E-state index is -1.46. The number of imidazole rings is 1. The van der Waals surface area contributed by atoms with Crippen molar-refractivity contribution >= 4 is 17.1 Å². The molecule has 2 aromatic heterocycles. The first-order valence-corrected chi connectivity index (χ1v) is 7.06. The van der Waals surface area contributed by atoms with E-state index in [-0.39, 0.29) is 29.6 Å². The molecule has 0 radical (unpaired) electrons. The summed E-state index contributed by atoms with van der Waals surface area (Å²) in [5.41, 5.74) is 3.36. The first-order valence-electron chi connectivity index (χ1n) is 7.06. The topological polar surface area (TPSA) is 150 Å². The van der Waals surface area contributed by atoms with Gasteiger partial charge in [0, 0.05) is 5.41 Å². The molecule has 6 N–H and O–H groups in total. The highest BCUT2D eigenvalue weighted by Crippen LogP contribution is 2.70. The molecule has 0 bridgehead atoms. The van der Waals surface area contributed by atoms with Gasteiger partial charge in [-0.1, -0.05) is 0 Å². The van der Waals surface area contributed by atoms with E-state index in [1.54, 1.807) is 4.57 Å². The molecule has 0 saturated heterocycles. The van der Waals surface area contributed by atoms with Crippen molar-refractivity contribution in [2.45, 2.75) is 31.1 Å². The number of rotatable bonds is 2. The molecule has 2 aliphatic rings. The second kappa shape index (κ2) is 3.86. The highest BCUT2D eigenvalue weighted by molar-refractivity contribution is 5.71. The van der Waals surface area contributed by atoms with E-state index in [1.807, 2.05) is 0 Å². The van der Waals surface area contributed by atoms with E-state index in [0.717, 1.165) is 0 Å². The van der Waals surface area contributed by atoms with Crippen LogP contribution < -0.4 is 11.3 Å². The number of nitrogens with one attached hydrogen (secondary N) is 1. The third-order valence-corrected chi connectivity index (χ3v) is 5.30. The van der Waals surface area contributed by atoms with Crippen molar-refractivity contribution in [1.82, 2.24) is 19.5 Å². The smallest absolute Gasteiger partial charge is 0.280 e. The lowest BCUT2D eigenvalue weighted by molar-refractivity contribution is -0.0997. The minimum absolute atomic E-state index is 0.0401. The summed E-state index contributed by atoms with van der Waals surface area (Å²) in [5.74, 6) is -0.149. The SMILES string of the molecule is C[C@]1(O)[C@H](n2cnc3c(=O)[nH]c(N)nc32)[C@H]2C[C@@]2(CO)[C@H]1O. The number of anilines is 1. The van der Waals surface area contributed by atoms with Gasteiger partial charge < -0.3 is 25.6 Å². The van der Waals surface area contributed by atoms with Gasteiger partial charge in [-0.2, -0.15) is 4.98 Å². The molecular formula is C13H17N5O4. The van der Waals surface area contributed by atoms with Gasteiger partial charge in [-0.25, -0.2) is 4.98 Å². The number of aliphatic hydroxyl groups excluding tert-OH is 2. The van der Waals surface area contributed by atoms with Crippen LogP contribution in [0, 0.1) is 11.3 Å². The van der Waals surface area contributed by atoms with Gasteiger partial charge in [0.15, 0.2) is 11.2 Å². The van der Waals surface area contributed by atoms with Gasteiger partial charge in [-0.3, -0.25) is 9.78 Å². The molecule has 22 heavy (non-hydrogen) atoms. The molecule has 0 aliphatic heterocycles. The fourth-order valence-electron chi connectivity index (χ4n) is 4.13. The molecule has 4 rings (SSSR count). The molecule has 118 valence electrons. The van der Waals surface area contributed by atoms with Crippen molar-refractivity contribution in [3.63, 3.8) is 0 Å². The van der Waals surface area contributed by atoms with Gasteiger partial charge in [0.25, 0.3) is 5.56 Å². The Hall–Kier alpha value is -1.97. The summed E-state index contributed by atoms with van der Waals surface area (Å²) in [6.07, 6.45) is 0.963. The molecule has 2 aromatic rings. The predicted octanol–water partition coefficient (Wildman–Crippen LogP) is -1.63. The number of aromatic nitrogens is 4. The lowest BCUT2D eigenvalue weighted by atomic mass is 9.89. The summed E-state index contributed by atoms with van der Waals surface area (Å²) in [7, 11) is 0. The molecule has 0 amide bonds. The van der Waals surface area contributed by atoms with E-state index >= 15 is 0 Å². The van der Waals surface area contributed by atoms with Crippen molar-refractivity contribution in [2.24, 2.45) is 11.3 Å². The maximum atomic E-state index is 11.9. The monoisotopic (exact) mass is 307 g/mol. The van der Waals surface area contributed by atoms with Crippen LogP contribution >= 0.6 is 0 Å². The van der Waals surface area contributed by atoms with E-state index in [9.17, 15) is 20.1 Å². The molecule has 9 heteroatoms. The Morgan fingerprint density at radius 3 is 2.95 bits per heavy atom. The molecule has 2 fully saturated rings. The van der Waals surface area contributed by atoms with Crippen LogP contribution in [0.3, 0.4) is 0 Å². The summed E-state index contributed by atoms with van der Waals surface area (Å²) >= 11 is 0. The van der Waals surface area contributed by atoms with Crippen LogP contribution in [0.1, 0.15) is 19.4 Å². The van der Waals surface area contributed by atoms with E-state index in [2.05, 4.69) is 15.0 Å². The van der Waals surface area contributed by atoms with Crippen LogP contribution in [-0.2, 0) is 0 Å². The summed E-state index contributed by atoms with van der Waals surface area (Å²) in [4.78, 5) is 22.4. The van der Waals surface area contributed by atoms with Gasteiger partial charge in [0.2, 0.25) is 5.95 Å². The summed E-state index contributed by atoms with van der Waals surface area (Å²) < 4.78 is 1.58. The maximum absolute atomic E-state index is 11.9. The molecule has 0 aromatic carbocycles. The molecule has 0 unspecified atom stereocenters. The number of nitrogens with two attached hydrogens (primary N) is 1. The second-order valence-electron chi connectivity index (χ2n) is 6.55. The Morgan fingerprint density at radius 1 is 1.59 bits per heavy atom. The quantitative estimate of drug-likeness (QED) is 0.447. The third-order valence-electron chi connectivity index (χ3n) is 5.30. The van der Waals surface area contributed by atoms with Crippen molar-refractivity contribution in [3.05, 3.63) is 16.7 Å². The van der Waals surface area contributed by atoms with E-state index in [4.69, 9.17) is 5.73 Å². The predicted molar refractivity (Wildman–Crippen MR) is 75.9 cm³/mol. The van der Waals surface area contributed by atoms with Crippen molar-refractivity contribution in [1.29, 1.82) is 0 Å². The molecular weight excluding hydrogens is 290 g/mol. The molecule has 9 nitrogen and oxygen atoms in total. The first-order chi connectivity index (χ1) is 10.3. The van der Waals surface area contributed by atoms with Gasteiger partial charge in [0.05, 0.1) is 25.1 Å². The molecule has 2 aliphatic carbocycles. The van der Waals surface area contributed by atoms with Gasteiger partial charge in [-0.05, 0) is 19.3 Å². The van der Waals surface area contributed by atoms with Crippen molar-refractivity contribution < 1.29 is 15.3 Å². The highest BCUT2D eigenvalue weighted by atomic mass is 16.3. The summed E-state index contributed by atoms with van der Waals surface area (Å²) in [5, 5.41) is 30.7. The first kappa shape index (κ1) is 13.7. The van der Waals surface area contributed by atoms with Crippen LogP contribution in [0.15, 0.2) is 11.1 Å². The number of aliphatic hydroxyl groups is 3. The molecule has 2 heterocycles. The van der Waals surface area contributed by atoms with Crippen LogP contribution in [0.2, 0.25) is 0 Å². The molecule has 2 saturated carbocycles. The summed E-state index contributed by atoms with van der Waals surface area (Å²) in [6.45, 7) is 1.32. The van der Waals surface area contributed by atoms with Crippen LogP contribution in [0.4, 0.5) is 5.95 Å². The van der Waals surface area contributed by atoms with Gasteiger partial charge in [-0.15, -0.1) is 0 Å². The highest BCUT2D eigenvalue weighted by Gasteiger charge is 2.75. The fourth-order valence-corrected chi connectivity index (χ4v) is 4.13. The van der Waals surface area contributed by atoms with Crippen LogP contribution in [0.5, 0.6) is 0 Å². The Bertz CT molecular complexity index is 827. The van der Waals surface area contributed by atoms with Gasteiger partial charge >= 0.3 is 0 Å². The van der Waals surface area contributed by atoms with Crippen LogP contribution in [0.25, 0.3) is 11.2 Å². The normalized spacial score (nSPS) is 40.1. The third kappa shape index (κ3) is 1.40. The Kier molecular flexibility index (Phi) is 2.40. The largest absolute Gasteiger partial charge is 0.396 e. The zero-order chi connectivity index (χ0) is 15.9. The Morgan fingerprint density at radius 2 is 2.32 bits per heavy atom. The number of aromatic amines is 1.